The third kappa shape index (κ3) is 4.28. The molecule has 0 radical (unpaired) electrons. The van der Waals surface area contributed by atoms with Crippen LogP contribution in [0, 0.1) is 11.7 Å². The Hall–Kier alpha value is -2.62. The Bertz CT molecular complexity index is 1180. The molecule has 1 fully saturated rings. The molecule has 0 unspecified atom stereocenters. The first-order chi connectivity index (χ1) is 15.7. The van der Waals surface area contributed by atoms with E-state index in [0.717, 1.165) is 0 Å². The number of rotatable bonds is 6. The van der Waals surface area contributed by atoms with Crippen LogP contribution in [0.3, 0.4) is 0 Å². The van der Waals surface area contributed by atoms with Gasteiger partial charge in [-0.25, -0.2) is 4.39 Å². The van der Waals surface area contributed by atoms with Gasteiger partial charge >= 0.3 is 0 Å². The third-order valence-electron chi connectivity index (χ3n) is 6.51. The summed E-state index contributed by atoms with van der Waals surface area (Å²) in [4.78, 5) is 40.2. The fraction of sp³-hybridized carbons (Fsp3) is 0.435. The topological polar surface area (TPSA) is 101 Å². The van der Waals surface area contributed by atoms with Crippen molar-refractivity contribution in [3.63, 3.8) is 0 Å². The first-order valence-electron chi connectivity index (χ1n) is 10.7. The lowest BCUT2D eigenvalue weighted by Gasteiger charge is -2.54. The second kappa shape index (κ2) is 9.93. The summed E-state index contributed by atoms with van der Waals surface area (Å²) in [5, 5.41) is 13.1. The number of methoxy groups -OCH3 is 1. The van der Waals surface area contributed by atoms with Gasteiger partial charge in [0.05, 0.1) is 10.6 Å². The molecule has 1 saturated carbocycles. The molecule has 1 spiro atoms. The normalized spacial score (nSPS) is 21.0. The van der Waals surface area contributed by atoms with Crippen LogP contribution in [-0.4, -0.2) is 53.2 Å². The number of carbonyl (C=O) groups excluding carboxylic acids is 2. The monoisotopic (exact) mass is 513 g/mol. The van der Waals surface area contributed by atoms with Gasteiger partial charge in [-0.2, -0.15) is 0 Å². The molecule has 11 heteroatoms. The molecule has 0 atom stereocenters. The Labute approximate surface area is 207 Å². The molecular formula is C23H26Cl2FN3O5. The quantitative estimate of drug-likeness (QED) is 0.618. The summed E-state index contributed by atoms with van der Waals surface area (Å²) < 4.78 is 21.0. The fourth-order valence-electron chi connectivity index (χ4n) is 4.90. The number of aromatic nitrogens is 1. The summed E-state index contributed by atoms with van der Waals surface area (Å²) in [5.74, 6) is -2.39. The lowest BCUT2D eigenvalue weighted by Crippen LogP contribution is -2.61. The van der Waals surface area contributed by atoms with Crippen molar-refractivity contribution in [1.82, 2.24) is 14.8 Å². The number of aromatic hydroxyl groups is 1. The number of amides is 2. The van der Waals surface area contributed by atoms with E-state index in [1.807, 2.05) is 6.92 Å². The standard InChI is InChI=1S/C23H25ClFN3O5.ClH/c1-3-27-12-23(7-13(8-23)11-33-2)28-10-15(19(29)20(30)18(28)22(27)32)21(31)26-9-14-5-4-6-16(24)17(14)25;/h4-6,10,13,30H,3,7-9,11-12H2,1-2H3,(H,26,31);1H/t13-,23-;. The molecule has 2 heterocycles. The molecule has 0 bridgehead atoms. The minimum absolute atomic E-state index is 0. The van der Waals surface area contributed by atoms with Crippen molar-refractivity contribution in [3.8, 4) is 5.75 Å². The highest BCUT2D eigenvalue weighted by Gasteiger charge is 2.52. The largest absolute Gasteiger partial charge is 0.503 e. The Kier molecular flexibility index (Phi) is 7.59. The van der Waals surface area contributed by atoms with Crippen molar-refractivity contribution in [1.29, 1.82) is 0 Å². The van der Waals surface area contributed by atoms with E-state index in [1.165, 1.54) is 18.3 Å². The molecular weight excluding hydrogens is 488 g/mol. The van der Waals surface area contributed by atoms with Gasteiger partial charge in [0.2, 0.25) is 5.43 Å². The van der Waals surface area contributed by atoms with Gasteiger partial charge in [-0.05, 0) is 31.7 Å². The molecule has 2 aromatic rings. The summed E-state index contributed by atoms with van der Waals surface area (Å²) in [6, 6.07) is 4.41. The van der Waals surface area contributed by atoms with Crippen LogP contribution in [-0.2, 0) is 16.8 Å². The molecule has 1 aromatic carbocycles. The Balaban J connectivity index is 0.00000324. The highest BCUT2D eigenvalue weighted by atomic mass is 35.5. The van der Waals surface area contributed by atoms with Crippen molar-refractivity contribution in [2.24, 2.45) is 5.92 Å². The summed E-state index contributed by atoms with van der Waals surface area (Å²) in [6.45, 7) is 3.03. The molecule has 2 amide bonds. The molecule has 1 aliphatic heterocycles. The minimum atomic E-state index is -0.945. The third-order valence-corrected chi connectivity index (χ3v) is 6.80. The number of nitrogens with one attached hydrogen (secondary N) is 1. The van der Waals surface area contributed by atoms with E-state index in [0.29, 0.717) is 32.5 Å². The summed E-state index contributed by atoms with van der Waals surface area (Å²) >= 11 is 5.78. The van der Waals surface area contributed by atoms with E-state index >= 15 is 0 Å². The number of benzene rings is 1. The summed E-state index contributed by atoms with van der Waals surface area (Å²) in [5.41, 5.74) is -1.75. The van der Waals surface area contributed by atoms with Crippen molar-refractivity contribution < 1.29 is 23.8 Å². The number of hydrogen-bond donors (Lipinski definition) is 2. The van der Waals surface area contributed by atoms with E-state index in [2.05, 4.69) is 5.32 Å². The van der Waals surface area contributed by atoms with Crippen LogP contribution >= 0.6 is 24.0 Å². The van der Waals surface area contributed by atoms with E-state index in [9.17, 15) is 23.9 Å². The highest BCUT2D eigenvalue weighted by molar-refractivity contribution is 6.30. The number of pyridine rings is 1. The number of carbonyl (C=O) groups is 2. The van der Waals surface area contributed by atoms with Crippen molar-refractivity contribution in [2.75, 3.05) is 26.8 Å². The van der Waals surface area contributed by atoms with E-state index < -0.39 is 34.3 Å². The number of nitrogens with zero attached hydrogens (tertiary/aromatic N) is 2. The molecule has 0 saturated heterocycles. The molecule has 2 aliphatic rings. The van der Waals surface area contributed by atoms with E-state index in [-0.39, 0.29) is 46.7 Å². The van der Waals surface area contributed by atoms with Gasteiger partial charge in [-0.1, -0.05) is 23.7 Å². The smallest absolute Gasteiger partial charge is 0.274 e. The molecule has 4 rings (SSSR count). The first-order valence-corrected chi connectivity index (χ1v) is 11.1. The number of ether oxygens (including phenoxy) is 1. The maximum Gasteiger partial charge on any atom is 0.274 e. The maximum absolute atomic E-state index is 14.1. The van der Waals surface area contributed by atoms with Gasteiger partial charge in [0.1, 0.15) is 11.4 Å². The molecule has 1 aliphatic carbocycles. The van der Waals surface area contributed by atoms with Gasteiger partial charge in [0.15, 0.2) is 11.4 Å². The number of halogens is 3. The maximum atomic E-state index is 14.1. The molecule has 34 heavy (non-hydrogen) atoms. The number of fused-ring (bicyclic) bond motifs is 2. The zero-order valence-corrected chi connectivity index (χ0v) is 20.3. The van der Waals surface area contributed by atoms with Crippen LogP contribution in [0.5, 0.6) is 5.75 Å². The lowest BCUT2D eigenvalue weighted by molar-refractivity contribution is -0.0224. The second-order valence-corrected chi connectivity index (χ2v) is 9.02. The van der Waals surface area contributed by atoms with Gasteiger partial charge in [-0.15, -0.1) is 12.4 Å². The van der Waals surface area contributed by atoms with E-state index in [4.69, 9.17) is 16.3 Å². The average molecular weight is 514 g/mol. The lowest BCUT2D eigenvalue weighted by atomic mass is 9.66. The van der Waals surface area contributed by atoms with Crippen LogP contribution in [0.4, 0.5) is 4.39 Å². The van der Waals surface area contributed by atoms with Crippen LogP contribution < -0.4 is 10.7 Å². The molecule has 2 N–H and O–H groups in total. The highest BCUT2D eigenvalue weighted by Crippen LogP contribution is 2.48. The first kappa shape index (κ1) is 26.0. The fourth-order valence-corrected chi connectivity index (χ4v) is 5.09. The Morgan fingerprint density at radius 1 is 1.35 bits per heavy atom. The summed E-state index contributed by atoms with van der Waals surface area (Å²) in [7, 11) is 1.62. The second-order valence-electron chi connectivity index (χ2n) is 8.61. The number of hydrogen-bond acceptors (Lipinski definition) is 5. The average Bonchev–Trinajstić information content (AvgIpc) is 2.77. The van der Waals surface area contributed by atoms with Crippen molar-refractivity contribution >= 4 is 35.8 Å². The zero-order valence-electron chi connectivity index (χ0n) is 18.8. The Morgan fingerprint density at radius 3 is 2.71 bits per heavy atom. The van der Waals surface area contributed by atoms with Crippen molar-refractivity contribution in [2.45, 2.75) is 31.8 Å². The predicted octanol–water partition coefficient (Wildman–Crippen LogP) is 2.93. The molecule has 1 aromatic heterocycles. The Morgan fingerprint density at radius 2 is 2.06 bits per heavy atom. The summed E-state index contributed by atoms with van der Waals surface area (Å²) in [6.07, 6.45) is 2.69. The molecule has 184 valence electrons. The SMILES string of the molecule is CCN1C[C@]2(C[C@@H](COC)C2)n2cc(C(=O)NCc3cccc(Cl)c3F)c(=O)c(O)c2C1=O.Cl. The van der Waals surface area contributed by atoms with Crippen LogP contribution in [0.2, 0.25) is 5.02 Å². The van der Waals surface area contributed by atoms with Crippen molar-refractivity contribution in [3.05, 3.63) is 62.3 Å². The minimum Gasteiger partial charge on any atom is -0.503 e. The molecule has 8 nitrogen and oxygen atoms in total. The van der Waals surface area contributed by atoms with Gasteiger partial charge in [0.25, 0.3) is 11.8 Å². The van der Waals surface area contributed by atoms with E-state index in [1.54, 1.807) is 22.6 Å². The van der Waals surface area contributed by atoms with Gasteiger partial charge in [0, 0.05) is 45.1 Å². The van der Waals surface area contributed by atoms with Crippen LogP contribution in [0.1, 0.15) is 46.2 Å². The number of likely N-dealkylation sites (N-methyl/N-ethyl adjacent to an activating group) is 1. The van der Waals surface area contributed by atoms with Gasteiger partial charge < -0.3 is 24.6 Å². The van der Waals surface area contributed by atoms with Crippen LogP contribution in [0.15, 0.2) is 29.2 Å². The van der Waals surface area contributed by atoms with Gasteiger partial charge in [-0.3, -0.25) is 14.4 Å². The predicted molar refractivity (Wildman–Crippen MR) is 126 cm³/mol. The zero-order chi connectivity index (χ0) is 23.9. The van der Waals surface area contributed by atoms with Crippen LogP contribution in [0.25, 0.3) is 0 Å².